The van der Waals surface area contributed by atoms with Gasteiger partial charge in [0.2, 0.25) is 5.91 Å². The first-order valence-electron chi connectivity index (χ1n) is 7.42. The van der Waals surface area contributed by atoms with Crippen molar-refractivity contribution in [2.24, 2.45) is 0 Å². The number of amides is 1. The quantitative estimate of drug-likeness (QED) is 0.907. The molecule has 1 saturated heterocycles. The van der Waals surface area contributed by atoms with Crippen molar-refractivity contribution in [2.75, 3.05) is 20.2 Å². The molecular formula is C16H22N2O2. The molecule has 2 heterocycles. The maximum atomic E-state index is 11.9. The van der Waals surface area contributed by atoms with Crippen LogP contribution in [0.3, 0.4) is 0 Å². The summed E-state index contributed by atoms with van der Waals surface area (Å²) in [6.07, 6.45) is 3.07. The van der Waals surface area contributed by atoms with Gasteiger partial charge in [0.25, 0.3) is 0 Å². The van der Waals surface area contributed by atoms with Crippen LogP contribution in [0, 0.1) is 0 Å². The molecular weight excluding hydrogens is 252 g/mol. The number of rotatable bonds is 3. The number of carbonyl (C=O) groups is 1. The van der Waals surface area contributed by atoms with Crippen LogP contribution in [-0.2, 0) is 29.1 Å². The monoisotopic (exact) mass is 274 g/mol. The van der Waals surface area contributed by atoms with Gasteiger partial charge in [0, 0.05) is 13.6 Å². The highest BCUT2D eigenvalue weighted by molar-refractivity contribution is 5.81. The molecule has 0 saturated carbocycles. The van der Waals surface area contributed by atoms with Gasteiger partial charge >= 0.3 is 0 Å². The fourth-order valence-electron chi connectivity index (χ4n) is 3.35. The number of carbonyl (C=O) groups excluding carboxylic acids is 1. The molecule has 108 valence electrons. The van der Waals surface area contributed by atoms with Crippen LogP contribution in [0.1, 0.15) is 29.5 Å². The molecule has 1 atom stereocenters. The highest BCUT2D eigenvalue weighted by Gasteiger charge is 2.30. The highest BCUT2D eigenvalue weighted by Crippen LogP contribution is 2.25. The molecule has 1 unspecified atom stereocenters. The fourth-order valence-corrected chi connectivity index (χ4v) is 3.35. The number of nitrogens with one attached hydrogen (secondary N) is 1. The second-order valence-electron chi connectivity index (χ2n) is 5.60. The molecule has 3 rings (SSSR count). The van der Waals surface area contributed by atoms with Crippen LogP contribution in [-0.4, -0.2) is 37.0 Å². The number of likely N-dealkylation sites (N-methyl/N-ethyl adjacent to an activating group) is 1. The standard InChI is InChI=1S/C16H22N2O2/c1-17-16(19)15-6-3-8-18(15)10-12-4-2-5-13-11-20-9-7-14(12)13/h2,4-5,15H,3,6-11H2,1H3,(H,17,19). The van der Waals surface area contributed by atoms with Crippen molar-refractivity contribution >= 4 is 5.91 Å². The van der Waals surface area contributed by atoms with Gasteiger partial charge in [-0.15, -0.1) is 0 Å². The van der Waals surface area contributed by atoms with Crippen molar-refractivity contribution in [3.05, 3.63) is 34.9 Å². The molecule has 0 bridgehead atoms. The molecule has 0 radical (unpaired) electrons. The largest absolute Gasteiger partial charge is 0.376 e. The van der Waals surface area contributed by atoms with E-state index in [2.05, 4.69) is 28.4 Å². The summed E-state index contributed by atoms with van der Waals surface area (Å²) in [5, 5.41) is 2.78. The van der Waals surface area contributed by atoms with Gasteiger partial charge in [0.15, 0.2) is 0 Å². The Kier molecular flexibility index (Phi) is 4.03. The Bertz CT molecular complexity index is 501. The second kappa shape index (κ2) is 5.94. The van der Waals surface area contributed by atoms with Crippen LogP contribution in [0.4, 0.5) is 0 Å². The predicted octanol–water partition coefficient (Wildman–Crippen LogP) is 1.47. The molecule has 0 spiro atoms. The van der Waals surface area contributed by atoms with Crippen molar-refractivity contribution < 1.29 is 9.53 Å². The fraction of sp³-hybridized carbons (Fsp3) is 0.562. The number of likely N-dealkylation sites (tertiary alicyclic amines) is 1. The third-order valence-corrected chi connectivity index (χ3v) is 4.41. The zero-order valence-corrected chi connectivity index (χ0v) is 12.0. The summed E-state index contributed by atoms with van der Waals surface area (Å²) in [7, 11) is 1.72. The first-order chi connectivity index (χ1) is 9.79. The highest BCUT2D eigenvalue weighted by atomic mass is 16.5. The Morgan fingerprint density at radius 3 is 3.25 bits per heavy atom. The van der Waals surface area contributed by atoms with Gasteiger partial charge < -0.3 is 10.1 Å². The Morgan fingerprint density at radius 2 is 2.40 bits per heavy atom. The van der Waals surface area contributed by atoms with E-state index < -0.39 is 0 Å². The Balaban J connectivity index is 1.79. The smallest absolute Gasteiger partial charge is 0.237 e. The SMILES string of the molecule is CNC(=O)C1CCCN1Cc1cccc2c1CCOC2. The van der Waals surface area contributed by atoms with E-state index in [0.717, 1.165) is 45.6 Å². The molecule has 4 heteroatoms. The van der Waals surface area contributed by atoms with Gasteiger partial charge in [-0.2, -0.15) is 0 Å². The second-order valence-corrected chi connectivity index (χ2v) is 5.60. The number of fused-ring (bicyclic) bond motifs is 1. The summed E-state index contributed by atoms with van der Waals surface area (Å²) in [5.74, 6) is 0.149. The minimum Gasteiger partial charge on any atom is -0.376 e. The normalized spacial score (nSPS) is 22.6. The van der Waals surface area contributed by atoms with Crippen LogP contribution in [0.15, 0.2) is 18.2 Å². The van der Waals surface area contributed by atoms with E-state index in [0.29, 0.717) is 0 Å². The van der Waals surface area contributed by atoms with Crippen molar-refractivity contribution in [2.45, 2.75) is 38.5 Å². The number of benzene rings is 1. The topological polar surface area (TPSA) is 41.6 Å². The van der Waals surface area contributed by atoms with E-state index in [4.69, 9.17) is 4.74 Å². The van der Waals surface area contributed by atoms with E-state index in [1.54, 1.807) is 7.05 Å². The summed E-state index contributed by atoms with van der Waals surface area (Å²) < 4.78 is 5.52. The summed E-state index contributed by atoms with van der Waals surface area (Å²) in [4.78, 5) is 14.2. The van der Waals surface area contributed by atoms with Crippen LogP contribution < -0.4 is 5.32 Å². The van der Waals surface area contributed by atoms with Crippen molar-refractivity contribution in [3.8, 4) is 0 Å². The van der Waals surface area contributed by atoms with Crippen molar-refractivity contribution in [1.82, 2.24) is 10.2 Å². The molecule has 1 aromatic rings. The maximum Gasteiger partial charge on any atom is 0.237 e. The minimum absolute atomic E-state index is 0.0377. The Labute approximate surface area is 120 Å². The molecule has 0 aliphatic carbocycles. The van der Waals surface area contributed by atoms with E-state index in [9.17, 15) is 4.79 Å². The number of hydrogen-bond acceptors (Lipinski definition) is 3. The lowest BCUT2D eigenvalue weighted by atomic mass is 9.96. The molecule has 2 aliphatic heterocycles. The van der Waals surface area contributed by atoms with Crippen LogP contribution >= 0.6 is 0 Å². The average molecular weight is 274 g/mol. The number of hydrogen-bond donors (Lipinski definition) is 1. The van der Waals surface area contributed by atoms with Gasteiger partial charge in [0.05, 0.1) is 19.3 Å². The van der Waals surface area contributed by atoms with Crippen LogP contribution in [0.25, 0.3) is 0 Å². The first kappa shape index (κ1) is 13.6. The first-order valence-corrected chi connectivity index (χ1v) is 7.42. The molecule has 0 aromatic heterocycles. The molecule has 1 aromatic carbocycles. The van der Waals surface area contributed by atoms with E-state index in [-0.39, 0.29) is 11.9 Å². The molecule has 1 amide bonds. The number of ether oxygens (including phenoxy) is 1. The van der Waals surface area contributed by atoms with Gasteiger partial charge in [-0.3, -0.25) is 9.69 Å². The van der Waals surface area contributed by atoms with Gasteiger partial charge in [-0.25, -0.2) is 0 Å². The third kappa shape index (κ3) is 2.58. The van der Waals surface area contributed by atoms with Crippen molar-refractivity contribution in [1.29, 1.82) is 0 Å². The molecule has 4 nitrogen and oxygen atoms in total. The molecule has 20 heavy (non-hydrogen) atoms. The average Bonchev–Trinajstić information content (AvgIpc) is 2.95. The number of nitrogens with zero attached hydrogens (tertiary/aromatic N) is 1. The van der Waals surface area contributed by atoms with Crippen LogP contribution in [0.2, 0.25) is 0 Å². The van der Waals surface area contributed by atoms with Gasteiger partial charge in [0.1, 0.15) is 0 Å². The maximum absolute atomic E-state index is 11.9. The summed E-state index contributed by atoms with van der Waals surface area (Å²) in [6, 6.07) is 6.49. The lowest BCUT2D eigenvalue weighted by Crippen LogP contribution is -2.41. The van der Waals surface area contributed by atoms with Crippen molar-refractivity contribution in [3.63, 3.8) is 0 Å². The molecule has 1 fully saturated rings. The molecule has 1 N–H and O–H groups in total. The van der Waals surface area contributed by atoms with E-state index in [1.165, 1.54) is 16.7 Å². The summed E-state index contributed by atoms with van der Waals surface area (Å²) >= 11 is 0. The summed E-state index contributed by atoms with van der Waals surface area (Å²) in [5.41, 5.74) is 4.10. The lowest BCUT2D eigenvalue weighted by Gasteiger charge is -2.26. The lowest BCUT2D eigenvalue weighted by molar-refractivity contribution is -0.125. The van der Waals surface area contributed by atoms with E-state index in [1.807, 2.05) is 0 Å². The van der Waals surface area contributed by atoms with Gasteiger partial charge in [-0.05, 0) is 42.5 Å². The zero-order chi connectivity index (χ0) is 13.9. The van der Waals surface area contributed by atoms with Crippen LogP contribution in [0.5, 0.6) is 0 Å². The zero-order valence-electron chi connectivity index (χ0n) is 12.0. The minimum atomic E-state index is 0.0377. The molecule has 2 aliphatic rings. The third-order valence-electron chi connectivity index (χ3n) is 4.41. The predicted molar refractivity (Wildman–Crippen MR) is 77.3 cm³/mol. The van der Waals surface area contributed by atoms with Gasteiger partial charge in [-0.1, -0.05) is 18.2 Å². The Hall–Kier alpha value is -1.39. The summed E-state index contributed by atoms with van der Waals surface area (Å²) in [6.45, 7) is 3.42. The Morgan fingerprint density at radius 1 is 1.50 bits per heavy atom. The van der Waals surface area contributed by atoms with E-state index >= 15 is 0 Å².